The van der Waals surface area contributed by atoms with E-state index in [1.54, 1.807) is 4.90 Å². The summed E-state index contributed by atoms with van der Waals surface area (Å²) in [7, 11) is 0. The Hall–Kier alpha value is -1.22. The minimum absolute atomic E-state index is 0.190. The number of halogens is 1. The van der Waals surface area contributed by atoms with Gasteiger partial charge in [0.25, 0.3) is 0 Å². The van der Waals surface area contributed by atoms with Gasteiger partial charge in [-0.3, -0.25) is 4.90 Å². The monoisotopic (exact) mass is 209 g/mol. The lowest BCUT2D eigenvalue weighted by molar-refractivity contribution is 0.155. The highest BCUT2D eigenvalue weighted by atomic mass is 35.5. The molecule has 0 radical (unpaired) electrons. The van der Waals surface area contributed by atoms with E-state index in [1.165, 1.54) is 0 Å². The van der Waals surface area contributed by atoms with Gasteiger partial charge in [-0.1, -0.05) is 23.7 Å². The summed E-state index contributed by atoms with van der Waals surface area (Å²) in [5, 5.41) is 0.710. The second kappa shape index (κ2) is 2.64. The molecule has 0 saturated carbocycles. The maximum Gasteiger partial charge on any atom is 0.410 e. The van der Waals surface area contributed by atoms with Crippen molar-refractivity contribution < 1.29 is 9.53 Å². The van der Waals surface area contributed by atoms with Gasteiger partial charge in [0.15, 0.2) is 0 Å². The number of amides is 1. The van der Waals surface area contributed by atoms with Gasteiger partial charge in [0, 0.05) is 5.02 Å². The highest BCUT2D eigenvalue weighted by Crippen LogP contribution is 2.47. The lowest BCUT2D eigenvalue weighted by atomic mass is 10.1. The fraction of sp³-hybridized carbons (Fsp3) is 0.300. The second-order valence-corrected chi connectivity index (χ2v) is 3.99. The van der Waals surface area contributed by atoms with E-state index in [4.69, 9.17) is 16.3 Å². The first-order valence-corrected chi connectivity index (χ1v) is 4.86. The van der Waals surface area contributed by atoms with Crippen molar-refractivity contribution in [1.29, 1.82) is 0 Å². The summed E-state index contributed by atoms with van der Waals surface area (Å²) in [5.41, 5.74) is 1.10. The molecule has 1 aromatic rings. The van der Waals surface area contributed by atoms with Crippen LogP contribution in [0, 0.1) is 0 Å². The van der Waals surface area contributed by atoms with Crippen LogP contribution < -0.4 is 0 Å². The number of fused-ring (bicyclic) bond motifs is 1. The van der Waals surface area contributed by atoms with Crippen LogP contribution in [0.5, 0.6) is 0 Å². The molecular weight excluding hydrogens is 202 g/mol. The number of rotatable bonds is 1. The smallest absolute Gasteiger partial charge is 0.410 e. The molecule has 2 atom stereocenters. The summed E-state index contributed by atoms with van der Waals surface area (Å²) in [6, 6.07) is 8.05. The molecule has 2 saturated heterocycles. The topological polar surface area (TPSA) is 29.3 Å². The average molecular weight is 210 g/mol. The summed E-state index contributed by atoms with van der Waals surface area (Å²) in [5.74, 6) is 0. The van der Waals surface area contributed by atoms with Crippen molar-refractivity contribution in [2.45, 2.75) is 12.1 Å². The van der Waals surface area contributed by atoms with Crippen molar-refractivity contribution in [2.24, 2.45) is 0 Å². The van der Waals surface area contributed by atoms with Crippen LogP contribution in [0.1, 0.15) is 11.6 Å². The van der Waals surface area contributed by atoms with Crippen molar-refractivity contribution in [3.8, 4) is 0 Å². The number of nitrogens with zero attached hydrogens (tertiary/aromatic N) is 1. The molecule has 2 aliphatic heterocycles. The standard InChI is InChI=1S/C10H8ClNO2/c11-7-3-1-2-6(4-7)9-8-5-14-10(13)12(8)9/h1-4,8-9H,5H2/t8-,9-,12?/m1/s1. The molecule has 14 heavy (non-hydrogen) atoms. The zero-order chi connectivity index (χ0) is 9.71. The molecule has 0 spiro atoms. The van der Waals surface area contributed by atoms with Crippen LogP contribution in [0.4, 0.5) is 4.79 Å². The first-order valence-electron chi connectivity index (χ1n) is 4.48. The minimum atomic E-state index is -0.208. The molecule has 1 aromatic carbocycles. The van der Waals surface area contributed by atoms with Gasteiger partial charge in [-0.05, 0) is 17.7 Å². The minimum Gasteiger partial charge on any atom is -0.447 e. The van der Waals surface area contributed by atoms with E-state index in [9.17, 15) is 4.79 Å². The van der Waals surface area contributed by atoms with Gasteiger partial charge in [0.05, 0.1) is 12.1 Å². The molecule has 72 valence electrons. The molecular formula is C10H8ClNO2. The summed E-state index contributed by atoms with van der Waals surface area (Å²) in [6.07, 6.45) is -0.208. The highest BCUT2D eigenvalue weighted by Gasteiger charge is 2.57. The van der Waals surface area contributed by atoms with E-state index in [-0.39, 0.29) is 18.2 Å². The van der Waals surface area contributed by atoms with E-state index in [0.29, 0.717) is 11.6 Å². The van der Waals surface area contributed by atoms with Gasteiger partial charge in [0.2, 0.25) is 0 Å². The van der Waals surface area contributed by atoms with Gasteiger partial charge in [0.1, 0.15) is 6.61 Å². The van der Waals surface area contributed by atoms with Gasteiger partial charge in [-0.2, -0.15) is 0 Å². The first-order chi connectivity index (χ1) is 6.77. The number of hydrogen-bond acceptors (Lipinski definition) is 2. The molecule has 0 unspecified atom stereocenters. The van der Waals surface area contributed by atoms with E-state index in [1.807, 2.05) is 24.3 Å². The maximum absolute atomic E-state index is 11.2. The highest BCUT2D eigenvalue weighted by molar-refractivity contribution is 6.30. The van der Waals surface area contributed by atoms with Crippen LogP contribution in [0.15, 0.2) is 24.3 Å². The van der Waals surface area contributed by atoms with Gasteiger partial charge in [-0.25, -0.2) is 4.79 Å². The van der Waals surface area contributed by atoms with Crippen LogP contribution in [-0.2, 0) is 4.74 Å². The third kappa shape index (κ3) is 1.02. The van der Waals surface area contributed by atoms with Crippen molar-refractivity contribution in [2.75, 3.05) is 6.61 Å². The number of hydrogen-bond donors (Lipinski definition) is 0. The number of carbonyl (C=O) groups excluding carboxylic acids is 1. The summed E-state index contributed by atoms with van der Waals surface area (Å²) >= 11 is 5.88. The number of ether oxygens (including phenoxy) is 1. The molecule has 0 aliphatic carbocycles. The Morgan fingerprint density at radius 2 is 2.36 bits per heavy atom. The Morgan fingerprint density at radius 3 is 3.00 bits per heavy atom. The predicted octanol–water partition coefficient (Wildman–Crippen LogP) is 2.22. The third-order valence-electron chi connectivity index (χ3n) is 2.71. The zero-order valence-corrected chi connectivity index (χ0v) is 8.07. The first kappa shape index (κ1) is 8.12. The Labute approximate surface area is 86.2 Å². The van der Waals surface area contributed by atoms with Crippen molar-refractivity contribution in [3.05, 3.63) is 34.9 Å². The van der Waals surface area contributed by atoms with Crippen molar-refractivity contribution in [1.82, 2.24) is 4.90 Å². The molecule has 0 N–H and O–H groups in total. The fourth-order valence-corrected chi connectivity index (χ4v) is 2.20. The molecule has 3 nitrogen and oxygen atoms in total. The van der Waals surface area contributed by atoms with Crippen LogP contribution in [-0.4, -0.2) is 23.6 Å². The quantitative estimate of drug-likeness (QED) is 0.664. The SMILES string of the molecule is O=C1OC[C@@H]2[C@@H](c3cccc(Cl)c3)N12. The lowest BCUT2D eigenvalue weighted by Crippen LogP contribution is -2.07. The molecule has 2 heterocycles. The lowest BCUT2D eigenvalue weighted by Gasteiger charge is -2.03. The largest absolute Gasteiger partial charge is 0.447 e. The van der Waals surface area contributed by atoms with Crippen LogP contribution in [0.3, 0.4) is 0 Å². The van der Waals surface area contributed by atoms with Crippen molar-refractivity contribution >= 4 is 17.7 Å². The van der Waals surface area contributed by atoms with Gasteiger partial charge < -0.3 is 4.74 Å². The normalized spacial score (nSPS) is 28.6. The van der Waals surface area contributed by atoms with Crippen LogP contribution >= 0.6 is 11.6 Å². The Morgan fingerprint density at radius 1 is 1.50 bits per heavy atom. The number of benzene rings is 1. The molecule has 0 bridgehead atoms. The van der Waals surface area contributed by atoms with E-state index in [0.717, 1.165) is 5.56 Å². The van der Waals surface area contributed by atoms with E-state index >= 15 is 0 Å². The molecule has 4 heteroatoms. The second-order valence-electron chi connectivity index (χ2n) is 3.55. The molecule has 1 amide bonds. The Kier molecular flexibility index (Phi) is 1.53. The number of cyclic esters (lactones) is 1. The summed E-state index contributed by atoms with van der Waals surface area (Å²) < 4.78 is 4.85. The molecule has 2 fully saturated rings. The van der Waals surface area contributed by atoms with Crippen LogP contribution in [0.2, 0.25) is 5.02 Å². The number of carbonyl (C=O) groups is 1. The van der Waals surface area contributed by atoms with Gasteiger partial charge >= 0.3 is 6.09 Å². The zero-order valence-electron chi connectivity index (χ0n) is 7.31. The van der Waals surface area contributed by atoms with Crippen LogP contribution in [0.25, 0.3) is 0 Å². The summed E-state index contributed by atoms with van der Waals surface area (Å²) in [6.45, 7) is 0.510. The summed E-state index contributed by atoms with van der Waals surface area (Å²) in [4.78, 5) is 12.9. The maximum atomic E-state index is 11.2. The Bertz CT molecular complexity index is 407. The third-order valence-corrected chi connectivity index (χ3v) is 2.95. The predicted molar refractivity (Wildman–Crippen MR) is 51.2 cm³/mol. The molecule has 0 aromatic heterocycles. The Balaban J connectivity index is 1.89. The van der Waals surface area contributed by atoms with Crippen molar-refractivity contribution in [3.63, 3.8) is 0 Å². The molecule has 3 rings (SSSR count). The van der Waals surface area contributed by atoms with E-state index < -0.39 is 0 Å². The van der Waals surface area contributed by atoms with Gasteiger partial charge in [-0.15, -0.1) is 0 Å². The van der Waals surface area contributed by atoms with E-state index in [2.05, 4.69) is 0 Å². The fourth-order valence-electron chi connectivity index (χ4n) is 2.00. The average Bonchev–Trinajstić information content (AvgIpc) is 2.78. The molecule has 2 aliphatic rings.